The zero-order valence-electron chi connectivity index (χ0n) is 12.3. The number of amides is 1. The van der Waals surface area contributed by atoms with E-state index in [9.17, 15) is 13.2 Å². The SMILES string of the molecule is CN1C(=N)C[C@](C)(C2CCCN(S(C)(=O)=O)C2)CC1=O. The highest BCUT2D eigenvalue weighted by Crippen LogP contribution is 2.43. The van der Waals surface area contributed by atoms with E-state index in [4.69, 9.17) is 5.41 Å². The molecule has 2 aliphatic rings. The molecule has 114 valence electrons. The number of amidine groups is 1. The average molecular weight is 301 g/mol. The summed E-state index contributed by atoms with van der Waals surface area (Å²) >= 11 is 0. The lowest BCUT2D eigenvalue weighted by molar-refractivity contribution is -0.131. The molecule has 6 nitrogen and oxygen atoms in total. The normalized spacial score (nSPS) is 33.5. The molecule has 2 atom stereocenters. The van der Waals surface area contributed by atoms with Crippen LogP contribution >= 0.6 is 0 Å². The maximum absolute atomic E-state index is 12.0. The highest BCUT2D eigenvalue weighted by atomic mass is 32.2. The van der Waals surface area contributed by atoms with Gasteiger partial charge in [0.2, 0.25) is 15.9 Å². The van der Waals surface area contributed by atoms with Crippen LogP contribution in [0.15, 0.2) is 0 Å². The van der Waals surface area contributed by atoms with E-state index in [1.807, 2.05) is 6.92 Å². The Morgan fingerprint density at radius 2 is 2.00 bits per heavy atom. The number of carbonyl (C=O) groups is 1. The van der Waals surface area contributed by atoms with Gasteiger partial charge in [0.15, 0.2) is 0 Å². The van der Waals surface area contributed by atoms with Crippen LogP contribution in [0, 0.1) is 16.7 Å². The minimum atomic E-state index is -3.18. The molecule has 0 saturated carbocycles. The molecule has 2 fully saturated rings. The van der Waals surface area contributed by atoms with E-state index < -0.39 is 10.0 Å². The summed E-state index contributed by atoms with van der Waals surface area (Å²) in [6, 6.07) is 0. The highest BCUT2D eigenvalue weighted by Gasteiger charge is 2.44. The first kappa shape index (κ1) is 15.4. The Labute approximate surface area is 120 Å². The molecule has 20 heavy (non-hydrogen) atoms. The Kier molecular flexibility index (Phi) is 3.94. The van der Waals surface area contributed by atoms with Crippen LogP contribution in [0.4, 0.5) is 0 Å². The number of hydrogen-bond acceptors (Lipinski definition) is 4. The lowest BCUT2D eigenvalue weighted by Crippen LogP contribution is -2.51. The van der Waals surface area contributed by atoms with Gasteiger partial charge in [0, 0.05) is 33.0 Å². The van der Waals surface area contributed by atoms with E-state index in [0.717, 1.165) is 12.8 Å². The van der Waals surface area contributed by atoms with Gasteiger partial charge in [-0.1, -0.05) is 6.92 Å². The lowest BCUT2D eigenvalue weighted by Gasteiger charge is -2.46. The molecule has 0 aromatic rings. The van der Waals surface area contributed by atoms with Crippen LogP contribution in [-0.2, 0) is 14.8 Å². The smallest absolute Gasteiger partial charge is 0.228 e. The van der Waals surface area contributed by atoms with Crippen molar-refractivity contribution in [3.63, 3.8) is 0 Å². The van der Waals surface area contributed by atoms with Crippen LogP contribution in [0.2, 0.25) is 0 Å². The van der Waals surface area contributed by atoms with Crippen molar-refractivity contribution in [3.05, 3.63) is 0 Å². The molecule has 2 heterocycles. The fourth-order valence-electron chi connectivity index (χ4n) is 3.28. The van der Waals surface area contributed by atoms with Crippen molar-refractivity contribution in [1.29, 1.82) is 5.41 Å². The molecule has 0 aliphatic carbocycles. The molecule has 1 unspecified atom stereocenters. The largest absolute Gasteiger partial charge is 0.304 e. The maximum atomic E-state index is 12.0. The molecule has 7 heteroatoms. The molecule has 1 amide bonds. The van der Waals surface area contributed by atoms with Gasteiger partial charge >= 0.3 is 0 Å². The van der Waals surface area contributed by atoms with Crippen molar-refractivity contribution < 1.29 is 13.2 Å². The van der Waals surface area contributed by atoms with Crippen LogP contribution in [0.25, 0.3) is 0 Å². The fraction of sp³-hybridized carbons (Fsp3) is 0.846. The molecule has 1 N–H and O–H groups in total. The fourth-order valence-corrected chi connectivity index (χ4v) is 4.19. The summed E-state index contributed by atoms with van der Waals surface area (Å²) in [7, 11) is -1.54. The highest BCUT2D eigenvalue weighted by molar-refractivity contribution is 7.88. The van der Waals surface area contributed by atoms with E-state index in [2.05, 4.69) is 0 Å². The Bertz CT molecular complexity index is 511. The second-order valence-electron chi connectivity index (χ2n) is 6.37. The summed E-state index contributed by atoms with van der Waals surface area (Å²) in [4.78, 5) is 13.4. The molecular formula is C13H23N3O3S. The number of likely N-dealkylation sites (tertiary alicyclic amines) is 1. The predicted octanol–water partition coefficient (Wildman–Crippen LogP) is 0.894. The maximum Gasteiger partial charge on any atom is 0.228 e. The van der Waals surface area contributed by atoms with Crippen molar-refractivity contribution in [2.75, 3.05) is 26.4 Å². The topological polar surface area (TPSA) is 81.5 Å². The lowest BCUT2D eigenvalue weighted by atomic mass is 9.67. The zero-order valence-corrected chi connectivity index (χ0v) is 13.2. The predicted molar refractivity (Wildman–Crippen MR) is 77.0 cm³/mol. The Hall–Kier alpha value is -0.950. The standard InChI is InChI=1S/C13H23N3O3S/c1-13(7-11(14)15(2)12(17)8-13)10-5-4-6-16(9-10)20(3,18)19/h10,14H,4-9H2,1-3H3/t10?,13-/m0/s1. The monoisotopic (exact) mass is 301 g/mol. The zero-order chi connectivity index (χ0) is 15.1. The molecule has 2 saturated heterocycles. The third-order valence-corrected chi connectivity index (χ3v) is 6.01. The summed E-state index contributed by atoms with van der Waals surface area (Å²) in [6.07, 6.45) is 3.92. The Morgan fingerprint density at radius 1 is 1.35 bits per heavy atom. The molecule has 2 rings (SSSR count). The van der Waals surface area contributed by atoms with Gasteiger partial charge in [0.05, 0.1) is 6.26 Å². The quantitative estimate of drug-likeness (QED) is 0.822. The van der Waals surface area contributed by atoms with Crippen molar-refractivity contribution in [1.82, 2.24) is 9.21 Å². The summed E-state index contributed by atoms with van der Waals surface area (Å²) < 4.78 is 24.9. The van der Waals surface area contributed by atoms with Gasteiger partial charge in [-0.3, -0.25) is 10.2 Å². The molecule has 0 bridgehead atoms. The number of rotatable bonds is 2. The van der Waals surface area contributed by atoms with Crippen molar-refractivity contribution in [3.8, 4) is 0 Å². The number of sulfonamides is 1. The minimum absolute atomic E-state index is 0.0415. The van der Waals surface area contributed by atoms with Crippen molar-refractivity contribution >= 4 is 21.8 Å². The van der Waals surface area contributed by atoms with Crippen LogP contribution < -0.4 is 0 Å². The second-order valence-corrected chi connectivity index (χ2v) is 8.35. The number of piperidine rings is 2. The number of nitrogens with zero attached hydrogens (tertiary/aromatic N) is 2. The van der Waals surface area contributed by atoms with Crippen LogP contribution in [-0.4, -0.2) is 55.8 Å². The molecule has 0 aromatic carbocycles. The first-order chi connectivity index (χ1) is 9.13. The third-order valence-electron chi connectivity index (χ3n) is 4.74. The number of carbonyl (C=O) groups excluding carboxylic acids is 1. The van der Waals surface area contributed by atoms with Gasteiger partial charge in [-0.05, 0) is 24.2 Å². The van der Waals surface area contributed by atoms with Crippen molar-refractivity contribution in [2.45, 2.75) is 32.6 Å². The summed E-state index contributed by atoms with van der Waals surface area (Å²) in [6.45, 7) is 3.05. The van der Waals surface area contributed by atoms with Gasteiger partial charge in [-0.2, -0.15) is 0 Å². The Morgan fingerprint density at radius 3 is 2.55 bits per heavy atom. The van der Waals surface area contributed by atoms with E-state index in [1.165, 1.54) is 15.5 Å². The second kappa shape index (κ2) is 5.11. The molecule has 0 spiro atoms. The first-order valence-corrected chi connectivity index (χ1v) is 8.77. The van der Waals surface area contributed by atoms with Crippen LogP contribution in [0.3, 0.4) is 0 Å². The van der Waals surface area contributed by atoms with Gasteiger partial charge in [-0.25, -0.2) is 12.7 Å². The van der Waals surface area contributed by atoms with Crippen molar-refractivity contribution in [2.24, 2.45) is 11.3 Å². The van der Waals surface area contributed by atoms with Gasteiger partial charge in [-0.15, -0.1) is 0 Å². The molecule has 0 radical (unpaired) electrons. The Balaban J connectivity index is 2.18. The van der Waals surface area contributed by atoms with Gasteiger partial charge in [0.1, 0.15) is 5.84 Å². The van der Waals surface area contributed by atoms with Crippen LogP contribution in [0.1, 0.15) is 32.6 Å². The number of nitrogens with one attached hydrogen (secondary N) is 1. The summed E-state index contributed by atoms with van der Waals surface area (Å²) in [5.74, 6) is 0.435. The summed E-state index contributed by atoms with van der Waals surface area (Å²) in [5, 5.41) is 7.95. The van der Waals surface area contributed by atoms with Crippen LogP contribution in [0.5, 0.6) is 0 Å². The van der Waals surface area contributed by atoms with Gasteiger partial charge in [0.25, 0.3) is 0 Å². The summed E-state index contributed by atoms with van der Waals surface area (Å²) in [5.41, 5.74) is -0.302. The first-order valence-electron chi connectivity index (χ1n) is 6.92. The van der Waals surface area contributed by atoms with E-state index in [-0.39, 0.29) is 17.2 Å². The van der Waals surface area contributed by atoms with E-state index in [0.29, 0.717) is 31.8 Å². The van der Waals surface area contributed by atoms with Gasteiger partial charge < -0.3 is 4.90 Å². The number of hydrogen-bond donors (Lipinski definition) is 1. The molecule has 0 aromatic heterocycles. The van der Waals surface area contributed by atoms with E-state index >= 15 is 0 Å². The molecular weight excluding hydrogens is 278 g/mol. The molecule has 2 aliphatic heterocycles. The average Bonchev–Trinajstić information content (AvgIpc) is 2.35. The van der Waals surface area contributed by atoms with E-state index in [1.54, 1.807) is 7.05 Å². The minimum Gasteiger partial charge on any atom is -0.304 e. The third kappa shape index (κ3) is 2.88.